The van der Waals surface area contributed by atoms with Crippen molar-refractivity contribution in [3.63, 3.8) is 0 Å². The van der Waals surface area contributed by atoms with Crippen molar-refractivity contribution in [3.8, 4) is 0 Å². The van der Waals surface area contributed by atoms with Crippen molar-refractivity contribution in [3.05, 3.63) is 0 Å². The Morgan fingerprint density at radius 1 is 1.32 bits per heavy atom. The Morgan fingerprint density at radius 3 is 2.68 bits per heavy atom. The van der Waals surface area contributed by atoms with Crippen LogP contribution < -0.4 is 5.32 Å². The van der Waals surface area contributed by atoms with E-state index in [1.807, 2.05) is 13.8 Å². The summed E-state index contributed by atoms with van der Waals surface area (Å²) in [5.41, 5.74) is 0. The lowest BCUT2D eigenvalue weighted by atomic mass is 9.99. The van der Waals surface area contributed by atoms with Gasteiger partial charge in [0.25, 0.3) is 0 Å². The van der Waals surface area contributed by atoms with Crippen LogP contribution in [-0.4, -0.2) is 48.7 Å². The van der Waals surface area contributed by atoms with Gasteiger partial charge in [-0.1, -0.05) is 13.8 Å². The second-order valence-corrected chi connectivity index (χ2v) is 6.74. The molecule has 2 bridgehead atoms. The Kier molecular flexibility index (Phi) is 4.85. The van der Waals surface area contributed by atoms with E-state index in [4.69, 9.17) is 4.74 Å². The van der Waals surface area contributed by atoms with E-state index in [0.29, 0.717) is 0 Å². The van der Waals surface area contributed by atoms with Crippen LogP contribution in [0, 0.1) is 11.8 Å². The lowest BCUT2D eigenvalue weighted by Gasteiger charge is -2.33. The molecular formula is C15H28N2O2. The molecule has 0 saturated carbocycles. The first-order chi connectivity index (χ1) is 8.95. The number of hydrogen-bond acceptors (Lipinski definition) is 3. The molecule has 2 fully saturated rings. The van der Waals surface area contributed by atoms with Gasteiger partial charge >= 0.3 is 0 Å². The van der Waals surface area contributed by atoms with Gasteiger partial charge in [-0.25, -0.2) is 0 Å². The topological polar surface area (TPSA) is 41.6 Å². The van der Waals surface area contributed by atoms with Gasteiger partial charge in [0.15, 0.2) is 0 Å². The number of carbonyl (C=O) groups is 1. The van der Waals surface area contributed by atoms with Gasteiger partial charge in [0.2, 0.25) is 5.91 Å². The fourth-order valence-corrected chi connectivity index (χ4v) is 3.03. The summed E-state index contributed by atoms with van der Waals surface area (Å²) in [6.07, 6.45) is 2.47. The normalized spacial score (nSPS) is 31.2. The van der Waals surface area contributed by atoms with Crippen LogP contribution in [0.3, 0.4) is 0 Å². The Hall–Kier alpha value is -0.610. The van der Waals surface area contributed by atoms with E-state index in [-0.39, 0.29) is 30.1 Å². The summed E-state index contributed by atoms with van der Waals surface area (Å²) in [4.78, 5) is 14.6. The lowest BCUT2D eigenvalue weighted by molar-refractivity contribution is -0.128. The summed E-state index contributed by atoms with van der Waals surface area (Å²) < 4.78 is 5.95. The Bertz CT molecular complexity index is 317. The molecule has 1 N–H and O–H groups in total. The summed E-state index contributed by atoms with van der Waals surface area (Å²) in [6, 6.07) is 0.213. The molecule has 1 amide bonds. The van der Waals surface area contributed by atoms with Crippen LogP contribution >= 0.6 is 0 Å². The molecule has 3 atom stereocenters. The molecule has 0 spiro atoms. The largest absolute Gasteiger partial charge is 0.371 e. The highest BCUT2D eigenvalue weighted by Gasteiger charge is 2.44. The molecule has 2 aliphatic rings. The average Bonchev–Trinajstić information content (AvgIpc) is 2.61. The summed E-state index contributed by atoms with van der Waals surface area (Å²) >= 11 is 0. The molecule has 2 rings (SSSR count). The van der Waals surface area contributed by atoms with Crippen molar-refractivity contribution in [1.29, 1.82) is 0 Å². The van der Waals surface area contributed by atoms with Crippen LogP contribution in [0.15, 0.2) is 0 Å². The predicted molar refractivity (Wildman–Crippen MR) is 75.9 cm³/mol. The van der Waals surface area contributed by atoms with E-state index >= 15 is 0 Å². The molecule has 2 aliphatic heterocycles. The van der Waals surface area contributed by atoms with E-state index in [1.54, 1.807) is 0 Å². The third-order valence-corrected chi connectivity index (χ3v) is 4.02. The SMILES string of the molecule is CC(C)CCN1C[C@H]2C[C@@H](C(=O)NC(C)C)[C@@H](C1)O2. The third-order valence-electron chi connectivity index (χ3n) is 4.02. The number of nitrogens with one attached hydrogen (secondary N) is 1. The number of fused-ring (bicyclic) bond motifs is 2. The zero-order chi connectivity index (χ0) is 14.0. The lowest BCUT2D eigenvalue weighted by Crippen LogP contribution is -2.46. The van der Waals surface area contributed by atoms with Gasteiger partial charge in [0.1, 0.15) is 0 Å². The van der Waals surface area contributed by atoms with E-state index in [1.165, 1.54) is 6.42 Å². The number of hydrogen-bond donors (Lipinski definition) is 1. The highest BCUT2D eigenvalue weighted by atomic mass is 16.5. The standard InChI is InChI=1S/C15H28N2O2/c1-10(2)5-6-17-8-12-7-13(14(9-17)19-12)15(18)16-11(3)4/h10-14H,5-9H2,1-4H3,(H,16,18)/t12-,13-,14-/m1/s1. The molecule has 2 saturated heterocycles. The van der Waals surface area contributed by atoms with Crippen molar-refractivity contribution < 1.29 is 9.53 Å². The summed E-state index contributed by atoms with van der Waals surface area (Å²) in [5.74, 6) is 0.963. The number of carbonyl (C=O) groups excluding carboxylic acids is 1. The maximum absolute atomic E-state index is 12.2. The average molecular weight is 268 g/mol. The molecule has 0 aliphatic carbocycles. The molecule has 0 aromatic rings. The molecule has 4 heteroatoms. The number of ether oxygens (including phenoxy) is 1. The number of likely N-dealkylation sites (tertiary alicyclic amines) is 1. The first kappa shape index (κ1) is 14.8. The van der Waals surface area contributed by atoms with Gasteiger partial charge in [0, 0.05) is 19.1 Å². The first-order valence-corrected chi connectivity index (χ1v) is 7.64. The zero-order valence-electron chi connectivity index (χ0n) is 12.7. The monoisotopic (exact) mass is 268 g/mol. The van der Waals surface area contributed by atoms with E-state index < -0.39 is 0 Å². The minimum atomic E-state index is 0.0523. The summed E-state index contributed by atoms with van der Waals surface area (Å²) in [5, 5.41) is 3.02. The molecule has 19 heavy (non-hydrogen) atoms. The third kappa shape index (κ3) is 3.93. The fraction of sp³-hybridized carbons (Fsp3) is 0.933. The number of nitrogens with zero attached hydrogens (tertiary/aromatic N) is 1. The van der Waals surface area contributed by atoms with Gasteiger partial charge in [-0.05, 0) is 39.2 Å². The number of morpholine rings is 1. The van der Waals surface area contributed by atoms with Crippen LogP contribution in [0.5, 0.6) is 0 Å². The molecule has 4 nitrogen and oxygen atoms in total. The Morgan fingerprint density at radius 2 is 2.05 bits per heavy atom. The first-order valence-electron chi connectivity index (χ1n) is 7.64. The second kappa shape index (κ2) is 6.23. The number of amides is 1. The molecule has 2 heterocycles. The molecule has 0 unspecified atom stereocenters. The van der Waals surface area contributed by atoms with Gasteiger partial charge < -0.3 is 10.1 Å². The maximum atomic E-state index is 12.2. The van der Waals surface area contributed by atoms with Crippen molar-refractivity contribution in [2.24, 2.45) is 11.8 Å². The van der Waals surface area contributed by atoms with E-state index in [2.05, 4.69) is 24.1 Å². The summed E-state index contributed by atoms with van der Waals surface area (Å²) in [7, 11) is 0. The highest BCUT2D eigenvalue weighted by Crippen LogP contribution is 2.32. The summed E-state index contributed by atoms with van der Waals surface area (Å²) in [6.45, 7) is 11.6. The Balaban J connectivity index is 1.87. The van der Waals surface area contributed by atoms with Gasteiger partial charge in [-0.3, -0.25) is 9.69 Å². The minimum Gasteiger partial charge on any atom is -0.371 e. The van der Waals surface area contributed by atoms with E-state index in [9.17, 15) is 4.79 Å². The Labute approximate surface area is 116 Å². The molecular weight excluding hydrogens is 240 g/mol. The quantitative estimate of drug-likeness (QED) is 0.824. The van der Waals surface area contributed by atoms with Crippen LogP contribution in [0.1, 0.15) is 40.5 Å². The molecule has 0 aromatic carbocycles. The van der Waals surface area contributed by atoms with Crippen LogP contribution in [-0.2, 0) is 9.53 Å². The highest BCUT2D eigenvalue weighted by molar-refractivity contribution is 5.80. The van der Waals surface area contributed by atoms with Gasteiger partial charge in [0.05, 0.1) is 18.1 Å². The van der Waals surface area contributed by atoms with Crippen molar-refractivity contribution in [2.75, 3.05) is 19.6 Å². The van der Waals surface area contributed by atoms with Crippen molar-refractivity contribution in [2.45, 2.75) is 58.8 Å². The molecule has 110 valence electrons. The smallest absolute Gasteiger partial charge is 0.226 e. The maximum Gasteiger partial charge on any atom is 0.226 e. The molecule has 0 radical (unpaired) electrons. The minimum absolute atomic E-state index is 0.0523. The number of rotatable bonds is 5. The fourth-order valence-electron chi connectivity index (χ4n) is 3.03. The zero-order valence-corrected chi connectivity index (χ0v) is 12.7. The van der Waals surface area contributed by atoms with Crippen LogP contribution in [0.4, 0.5) is 0 Å². The van der Waals surface area contributed by atoms with Crippen LogP contribution in [0.25, 0.3) is 0 Å². The van der Waals surface area contributed by atoms with Gasteiger partial charge in [-0.15, -0.1) is 0 Å². The van der Waals surface area contributed by atoms with Gasteiger partial charge in [-0.2, -0.15) is 0 Å². The molecule has 0 aromatic heterocycles. The second-order valence-electron chi connectivity index (χ2n) is 6.74. The van der Waals surface area contributed by atoms with Crippen molar-refractivity contribution >= 4 is 5.91 Å². The van der Waals surface area contributed by atoms with Crippen molar-refractivity contribution in [1.82, 2.24) is 10.2 Å². The predicted octanol–water partition coefficient (Wildman–Crippen LogP) is 1.65. The van der Waals surface area contributed by atoms with E-state index in [0.717, 1.165) is 32.0 Å². The van der Waals surface area contributed by atoms with Crippen LogP contribution in [0.2, 0.25) is 0 Å².